The van der Waals surface area contributed by atoms with E-state index >= 15 is 0 Å². The van der Waals surface area contributed by atoms with Crippen LogP contribution in [-0.2, 0) is 0 Å². The van der Waals surface area contributed by atoms with Crippen LogP contribution in [0.4, 0.5) is 0 Å². The monoisotopic (exact) mass is 176 g/mol. The molecule has 0 aliphatic carbocycles. The van der Waals surface area contributed by atoms with Gasteiger partial charge in [0.05, 0.1) is 0 Å². The van der Waals surface area contributed by atoms with Gasteiger partial charge in [-0.25, -0.2) is 15.0 Å². The molecule has 0 aliphatic heterocycles. The Morgan fingerprint density at radius 3 is 2.69 bits per heavy atom. The predicted molar refractivity (Wildman–Crippen MR) is 44.7 cm³/mol. The molecule has 0 aromatic carbocycles. The van der Waals surface area contributed by atoms with Gasteiger partial charge in [0.15, 0.2) is 0 Å². The maximum Gasteiger partial charge on any atom is 0.140 e. The van der Waals surface area contributed by atoms with Crippen molar-refractivity contribution in [2.24, 2.45) is 0 Å². The summed E-state index contributed by atoms with van der Waals surface area (Å²) in [6.07, 6.45) is 6.99. The molecule has 2 heterocycles. The van der Waals surface area contributed by atoms with Crippen molar-refractivity contribution in [3.63, 3.8) is 0 Å². The number of nitrogens with zero attached hydrogens (tertiary/aromatic N) is 3. The van der Waals surface area contributed by atoms with E-state index in [1.165, 1.54) is 6.33 Å². The smallest absolute Gasteiger partial charge is 0.140 e. The summed E-state index contributed by atoms with van der Waals surface area (Å²) < 4.78 is 0. The first kappa shape index (κ1) is 7.88. The van der Waals surface area contributed by atoms with Gasteiger partial charge in [-0.2, -0.15) is 0 Å². The summed E-state index contributed by atoms with van der Waals surface area (Å²) in [5.41, 5.74) is 0.623. The number of nitrogens with one attached hydrogen (secondary N) is 1. The van der Waals surface area contributed by atoms with Crippen molar-refractivity contribution in [2.75, 3.05) is 0 Å². The zero-order chi connectivity index (χ0) is 9.10. The Balaban J connectivity index is 2.29. The van der Waals surface area contributed by atoms with Gasteiger partial charge in [0.2, 0.25) is 0 Å². The lowest BCUT2D eigenvalue weighted by Gasteiger charge is -2.05. The molecule has 5 heteroatoms. The van der Waals surface area contributed by atoms with Crippen LogP contribution in [0.1, 0.15) is 17.5 Å². The van der Waals surface area contributed by atoms with Crippen LogP contribution < -0.4 is 0 Å². The van der Waals surface area contributed by atoms with E-state index in [2.05, 4.69) is 19.9 Å². The van der Waals surface area contributed by atoms with Gasteiger partial charge in [-0.3, -0.25) is 0 Å². The summed E-state index contributed by atoms with van der Waals surface area (Å²) in [4.78, 5) is 14.4. The molecule has 2 N–H and O–H groups in total. The fraction of sp³-hybridized carbons (Fsp3) is 0.125. The molecule has 13 heavy (non-hydrogen) atoms. The first-order chi connectivity index (χ1) is 6.38. The van der Waals surface area contributed by atoms with Gasteiger partial charge in [-0.1, -0.05) is 0 Å². The molecule has 0 amide bonds. The zero-order valence-electron chi connectivity index (χ0n) is 6.75. The van der Waals surface area contributed by atoms with Crippen LogP contribution in [0.25, 0.3) is 0 Å². The molecule has 66 valence electrons. The Hall–Kier alpha value is -1.75. The highest BCUT2D eigenvalue weighted by Crippen LogP contribution is 2.15. The molecular formula is C8H8N4O. The average molecular weight is 176 g/mol. The molecule has 0 saturated carbocycles. The Morgan fingerprint density at radius 2 is 2.08 bits per heavy atom. The first-order valence-electron chi connectivity index (χ1n) is 3.80. The number of aromatic amines is 1. The van der Waals surface area contributed by atoms with Crippen LogP contribution in [0, 0.1) is 0 Å². The summed E-state index contributed by atoms with van der Waals surface area (Å²) in [7, 11) is 0. The third kappa shape index (κ3) is 1.54. The Morgan fingerprint density at radius 1 is 1.31 bits per heavy atom. The molecule has 1 atom stereocenters. The fourth-order valence-corrected chi connectivity index (χ4v) is 1.04. The first-order valence-corrected chi connectivity index (χ1v) is 3.80. The minimum absolute atomic E-state index is 0.495. The molecule has 2 aromatic heterocycles. The van der Waals surface area contributed by atoms with E-state index in [0.29, 0.717) is 11.4 Å². The van der Waals surface area contributed by atoms with Crippen molar-refractivity contribution >= 4 is 0 Å². The highest BCUT2D eigenvalue weighted by molar-refractivity contribution is 5.15. The van der Waals surface area contributed by atoms with Crippen molar-refractivity contribution < 1.29 is 5.11 Å². The second-order valence-corrected chi connectivity index (χ2v) is 2.55. The fourth-order valence-electron chi connectivity index (χ4n) is 1.04. The molecule has 0 spiro atoms. The molecule has 0 bridgehead atoms. The highest BCUT2D eigenvalue weighted by atomic mass is 16.3. The van der Waals surface area contributed by atoms with Crippen molar-refractivity contribution in [2.45, 2.75) is 6.10 Å². The molecule has 2 rings (SSSR count). The van der Waals surface area contributed by atoms with Gasteiger partial charge < -0.3 is 10.1 Å². The third-order valence-corrected chi connectivity index (χ3v) is 1.67. The SMILES string of the molecule is OC(c1cncnc1)c1ncc[nH]1. The molecule has 0 aliphatic rings. The standard InChI is InChI=1S/C8H8N4O/c13-7(8-11-1-2-12-8)6-3-9-5-10-4-6/h1-5,7,13H,(H,11,12). The lowest BCUT2D eigenvalue weighted by atomic mass is 10.2. The number of aliphatic hydroxyl groups excluding tert-OH is 1. The van der Waals surface area contributed by atoms with Crippen LogP contribution >= 0.6 is 0 Å². The Labute approximate surface area is 74.5 Å². The number of aromatic nitrogens is 4. The van der Waals surface area contributed by atoms with E-state index in [0.717, 1.165) is 0 Å². The summed E-state index contributed by atoms with van der Waals surface area (Å²) >= 11 is 0. The number of imidazole rings is 1. The minimum Gasteiger partial charge on any atom is -0.380 e. The van der Waals surface area contributed by atoms with Crippen LogP contribution in [-0.4, -0.2) is 25.0 Å². The number of hydrogen-bond donors (Lipinski definition) is 2. The van der Waals surface area contributed by atoms with Gasteiger partial charge in [0.25, 0.3) is 0 Å². The van der Waals surface area contributed by atoms with Gasteiger partial charge in [0.1, 0.15) is 18.3 Å². The number of aliphatic hydroxyl groups is 1. The lowest BCUT2D eigenvalue weighted by molar-refractivity contribution is 0.210. The molecule has 2 aromatic rings. The van der Waals surface area contributed by atoms with Gasteiger partial charge in [0, 0.05) is 30.4 Å². The van der Waals surface area contributed by atoms with E-state index in [-0.39, 0.29) is 0 Å². The van der Waals surface area contributed by atoms with Gasteiger partial charge >= 0.3 is 0 Å². The molecular weight excluding hydrogens is 168 g/mol. The van der Waals surface area contributed by atoms with Crippen LogP contribution in [0.5, 0.6) is 0 Å². The average Bonchev–Trinajstić information content (AvgIpc) is 2.71. The van der Waals surface area contributed by atoms with E-state index in [1.807, 2.05) is 0 Å². The number of hydrogen-bond acceptors (Lipinski definition) is 4. The zero-order valence-corrected chi connectivity index (χ0v) is 6.75. The molecule has 1 unspecified atom stereocenters. The van der Waals surface area contributed by atoms with Crippen LogP contribution in [0.3, 0.4) is 0 Å². The van der Waals surface area contributed by atoms with Gasteiger partial charge in [-0.05, 0) is 0 Å². The number of H-pyrrole nitrogens is 1. The maximum atomic E-state index is 9.71. The van der Waals surface area contributed by atoms with Crippen molar-refractivity contribution in [1.82, 2.24) is 19.9 Å². The highest BCUT2D eigenvalue weighted by Gasteiger charge is 2.12. The topological polar surface area (TPSA) is 74.7 Å². The third-order valence-electron chi connectivity index (χ3n) is 1.67. The minimum atomic E-state index is -0.781. The molecule has 0 saturated heterocycles. The van der Waals surface area contributed by atoms with E-state index in [4.69, 9.17) is 0 Å². The summed E-state index contributed by atoms with van der Waals surface area (Å²) in [5, 5.41) is 9.71. The molecule has 0 fully saturated rings. The second kappa shape index (κ2) is 3.32. The molecule has 0 radical (unpaired) electrons. The summed E-state index contributed by atoms with van der Waals surface area (Å²) in [6, 6.07) is 0. The quantitative estimate of drug-likeness (QED) is 0.689. The van der Waals surface area contributed by atoms with Crippen LogP contribution in [0.15, 0.2) is 31.1 Å². The summed E-state index contributed by atoms with van der Waals surface area (Å²) in [5.74, 6) is 0.495. The summed E-state index contributed by atoms with van der Waals surface area (Å²) in [6.45, 7) is 0. The Kier molecular flexibility index (Phi) is 2.01. The second-order valence-electron chi connectivity index (χ2n) is 2.55. The van der Waals surface area contributed by atoms with E-state index in [9.17, 15) is 5.11 Å². The molecule has 5 nitrogen and oxygen atoms in total. The van der Waals surface area contributed by atoms with Crippen molar-refractivity contribution in [3.05, 3.63) is 42.5 Å². The maximum absolute atomic E-state index is 9.71. The largest absolute Gasteiger partial charge is 0.380 e. The van der Waals surface area contributed by atoms with Crippen molar-refractivity contribution in [3.8, 4) is 0 Å². The van der Waals surface area contributed by atoms with E-state index in [1.54, 1.807) is 24.8 Å². The normalized spacial score (nSPS) is 12.7. The van der Waals surface area contributed by atoms with Crippen LogP contribution in [0.2, 0.25) is 0 Å². The Bertz CT molecular complexity index is 359. The van der Waals surface area contributed by atoms with Crippen molar-refractivity contribution in [1.29, 1.82) is 0 Å². The van der Waals surface area contributed by atoms with Gasteiger partial charge in [-0.15, -0.1) is 0 Å². The number of rotatable bonds is 2. The predicted octanol–water partition coefficient (Wildman–Crippen LogP) is 0.281. The lowest BCUT2D eigenvalue weighted by Crippen LogP contribution is -2.02. The van der Waals surface area contributed by atoms with E-state index < -0.39 is 6.10 Å².